The van der Waals surface area contributed by atoms with E-state index in [9.17, 15) is 0 Å². The van der Waals surface area contributed by atoms with Crippen LogP contribution in [0.1, 0.15) is 37.5 Å². The summed E-state index contributed by atoms with van der Waals surface area (Å²) in [5.41, 5.74) is 6.80. The van der Waals surface area contributed by atoms with Gasteiger partial charge in [-0.1, -0.05) is 12.8 Å². The van der Waals surface area contributed by atoms with Crippen LogP contribution in [0.2, 0.25) is 0 Å². The largest absolute Gasteiger partial charge is 0.422 e. The molecule has 2 aromatic rings. The first kappa shape index (κ1) is 8.64. The van der Waals surface area contributed by atoms with Gasteiger partial charge >= 0.3 is 0 Å². The molecule has 0 aliphatic heterocycles. The summed E-state index contributed by atoms with van der Waals surface area (Å²) in [5, 5.41) is 0. The maximum Gasteiger partial charge on any atom is 0.252 e. The molecule has 5 nitrogen and oxygen atoms in total. The highest BCUT2D eigenvalue weighted by molar-refractivity contribution is 5.79. The van der Waals surface area contributed by atoms with Crippen LogP contribution < -0.4 is 5.73 Å². The molecule has 0 saturated heterocycles. The van der Waals surface area contributed by atoms with Crippen LogP contribution in [-0.2, 0) is 0 Å². The summed E-state index contributed by atoms with van der Waals surface area (Å²) in [7, 11) is 0. The van der Waals surface area contributed by atoms with Crippen molar-refractivity contribution in [2.75, 3.05) is 5.73 Å². The van der Waals surface area contributed by atoms with Crippen LogP contribution in [0.15, 0.2) is 10.7 Å². The number of hydrogen-bond acceptors (Lipinski definition) is 5. The van der Waals surface area contributed by atoms with Crippen LogP contribution in [0.4, 0.5) is 5.82 Å². The molecule has 2 heterocycles. The lowest BCUT2D eigenvalue weighted by Crippen LogP contribution is -1.93. The molecule has 15 heavy (non-hydrogen) atoms. The topological polar surface area (TPSA) is 77.8 Å². The summed E-state index contributed by atoms with van der Waals surface area (Å²) in [5.74, 6) is 1.61. The fraction of sp³-hybridized carbons (Fsp3) is 0.500. The highest BCUT2D eigenvalue weighted by atomic mass is 16.4. The average molecular weight is 204 g/mol. The molecular formula is C10H12N4O. The van der Waals surface area contributed by atoms with Gasteiger partial charge in [0.1, 0.15) is 6.33 Å². The summed E-state index contributed by atoms with van der Waals surface area (Å²) in [6.45, 7) is 0. The Kier molecular flexibility index (Phi) is 1.83. The molecule has 0 amide bonds. The third-order valence-corrected chi connectivity index (χ3v) is 2.94. The molecule has 1 fully saturated rings. The monoisotopic (exact) mass is 204 g/mol. The third-order valence-electron chi connectivity index (χ3n) is 2.94. The van der Waals surface area contributed by atoms with Gasteiger partial charge in [-0.3, -0.25) is 0 Å². The highest BCUT2D eigenvalue weighted by Gasteiger charge is 2.23. The van der Waals surface area contributed by atoms with Crippen molar-refractivity contribution >= 4 is 17.0 Å². The SMILES string of the molecule is Nc1ncnc2oc(C3CCCC3)nc12. The Morgan fingerprint density at radius 3 is 2.80 bits per heavy atom. The first-order valence-electron chi connectivity index (χ1n) is 5.21. The summed E-state index contributed by atoms with van der Waals surface area (Å²) in [4.78, 5) is 12.3. The van der Waals surface area contributed by atoms with Crippen molar-refractivity contribution in [2.24, 2.45) is 0 Å². The summed E-state index contributed by atoms with van der Waals surface area (Å²) in [6, 6.07) is 0. The lowest BCUT2D eigenvalue weighted by Gasteiger charge is -2.00. The van der Waals surface area contributed by atoms with Gasteiger partial charge in [-0.15, -0.1) is 0 Å². The van der Waals surface area contributed by atoms with E-state index in [0.29, 0.717) is 23.0 Å². The fourth-order valence-electron chi connectivity index (χ4n) is 2.13. The number of anilines is 1. The predicted octanol–water partition coefficient (Wildman–Crippen LogP) is 1.86. The summed E-state index contributed by atoms with van der Waals surface area (Å²) < 4.78 is 5.59. The molecule has 1 aliphatic carbocycles. The van der Waals surface area contributed by atoms with Gasteiger partial charge in [0.05, 0.1) is 0 Å². The molecule has 0 radical (unpaired) electrons. The van der Waals surface area contributed by atoms with E-state index < -0.39 is 0 Å². The molecule has 1 saturated carbocycles. The van der Waals surface area contributed by atoms with Gasteiger partial charge in [0.2, 0.25) is 5.89 Å². The minimum absolute atomic E-state index is 0.396. The lowest BCUT2D eigenvalue weighted by molar-refractivity contribution is 0.468. The maximum absolute atomic E-state index is 5.69. The van der Waals surface area contributed by atoms with Crippen LogP contribution in [0, 0.1) is 0 Å². The average Bonchev–Trinajstić information content (AvgIpc) is 2.86. The number of nitrogen functional groups attached to an aromatic ring is 1. The summed E-state index contributed by atoms with van der Waals surface area (Å²) >= 11 is 0. The van der Waals surface area contributed by atoms with Crippen molar-refractivity contribution < 1.29 is 4.42 Å². The lowest BCUT2D eigenvalue weighted by atomic mass is 10.1. The normalized spacial score (nSPS) is 17.6. The molecule has 3 rings (SSSR count). The molecule has 2 aromatic heterocycles. The van der Waals surface area contributed by atoms with Crippen molar-refractivity contribution in [3.63, 3.8) is 0 Å². The van der Waals surface area contributed by atoms with E-state index in [1.165, 1.54) is 19.2 Å². The number of oxazole rings is 1. The summed E-state index contributed by atoms with van der Waals surface area (Å²) in [6.07, 6.45) is 6.22. The number of nitrogens with two attached hydrogens (primary N) is 1. The van der Waals surface area contributed by atoms with E-state index in [4.69, 9.17) is 10.2 Å². The van der Waals surface area contributed by atoms with Gasteiger partial charge in [-0.25, -0.2) is 9.97 Å². The molecule has 78 valence electrons. The van der Waals surface area contributed by atoms with Crippen LogP contribution in [0.25, 0.3) is 11.2 Å². The number of nitrogens with zero attached hydrogens (tertiary/aromatic N) is 3. The fourth-order valence-corrected chi connectivity index (χ4v) is 2.13. The van der Waals surface area contributed by atoms with Crippen molar-refractivity contribution in [3.05, 3.63) is 12.2 Å². The first-order chi connectivity index (χ1) is 7.34. The van der Waals surface area contributed by atoms with Gasteiger partial charge in [0.15, 0.2) is 11.3 Å². The van der Waals surface area contributed by atoms with Crippen molar-refractivity contribution in [1.29, 1.82) is 0 Å². The standard InChI is InChI=1S/C10H12N4O/c11-8-7-10(13-5-12-8)15-9(14-7)6-3-1-2-4-6/h5-6H,1-4H2,(H2,11,12,13). The second-order valence-electron chi connectivity index (χ2n) is 3.95. The molecule has 0 atom stereocenters. The van der Waals surface area contributed by atoms with E-state index >= 15 is 0 Å². The smallest absolute Gasteiger partial charge is 0.252 e. The Morgan fingerprint density at radius 2 is 2.07 bits per heavy atom. The van der Waals surface area contributed by atoms with E-state index in [1.54, 1.807) is 0 Å². The maximum atomic E-state index is 5.69. The Balaban J connectivity index is 2.09. The van der Waals surface area contributed by atoms with Gasteiger partial charge in [-0.05, 0) is 12.8 Å². The predicted molar refractivity (Wildman–Crippen MR) is 55.2 cm³/mol. The van der Waals surface area contributed by atoms with Gasteiger partial charge in [-0.2, -0.15) is 4.98 Å². The van der Waals surface area contributed by atoms with Gasteiger partial charge in [0.25, 0.3) is 5.71 Å². The Labute approximate surface area is 86.7 Å². The number of hydrogen-bond donors (Lipinski definition) is 1. The zero-order valence-corrected chi connectivity index (χ0v) is 8.31. The van der Waals surface area contributed by atoms with Crippen molar-refractivity contribution in [1.82, 2.24) is 15.0 Å². The van der Waals surface area contributed by atoms with E-state index in [0.717, 1.165) is 18.7 Å². The Bertz CT molecular complexity index is 487. The Hall–Kier alpha value is -1.65. The van der Waals surface area contributed by atoms with Crippen LogP contribution >= 0.6 is 0 Å². The molecule has 0 bridgehead atoms. The molecular weight excluding hydrogens is 192 g/mol. The number of fused-ring (bicyclic) bond motifs is 1. The second-order valence-corrected chi connectivity index (χ2v) is 3.95. The molecule has 0 aromatic carbocycles. The van der Waals surface area contributed by atoms with Crippen LogP contribution in [0.3, 0.4) is 0 Å². The minimum Gasteiger partial charge on any atom is -0.422 e. The van der Waals surface area contributed by atoms with Crippen molar-refractivity contribution in [3.8, 4) is 0 Å². The van der Waals surface area contributed by atoms with Gasteiger partial charge < -0.3 is 10.2 Å². The van der Waals surface area contributed by atoms with E-state index in [2.05, 4.69) is 15.0 Å². The van der Waals surface area contributed by atoms with Crippen LogP contribution in [-0.4, -0.2) is 15.0 Å². The molecule has 0 unspecified atom stereocenters. The van der Waals surface area contributed by atoms with Crippen LogP contribution in [0.5, 0.6) is 0 Å². The zero-order valence-electron chi connectivity index (χ0n) is 8.31. The number of rotatable bonds is 1. The molecule has 5 heteroatoms. The van der Waals surface area contributed by atoms with Gasteiger partial charge in [0, 0.05) is 5.92 Å². The zero-order chi connectivity index (χ0) is 10.3. The molecule has 2 N–H and O–H groups in total. The third kappa shape index (κ3) is 1.35. The van der Waals surface area contributed by atoms with Crippen molar-refractivity contribution in [2.45, 2.75) is 31.6 Å². The molecule has 1 aliphatic rings. The quantitative estimate of drug-likeness (QED) is 0.767. The minimum atomic E-state index is 0.396. The van der Waals surface area contributed by atoms with E-state index in [-0.39, 0.29) is 0 Å². The Morgan fingerprint density at radius 1 is 1.27 bits per heavy atom. The van der Waals surface area contributed by atoms with E-state index in [1.807, 2.05) is 0 Å². The molecule has 0 spiro atoms. The second kappa shape index (κ2) is 3.18. The highest BCUT2D eigenvalue weighted by Crippen LogP contribution is 2.34. The first-order valence-corrected chi connectivity index (χ1v) is 5.21. The number of aromatic nitrogens is 3.